The lowest BCUT2D eigenvalue weighted by Gasteiger charge is -2.41. The van der Waals surface area contributed by atoms with E-state index >= 15 is 0 Å². The highest BCUT2D eigenvalue weighted by atomic mass is 16.5. The van der Waals surface area contributed by atoms with E-state index in [1.54, 1.807) is 40.9 Å². The van der Waals surface area contributed by atoms with Crippen molar-refractivity contribution in [3.63, 3.8) is 0 Å². The lowest BCUT2D eigenvalue weighted by Crippen LogP contribution is -2.54. The number of unbranched alkanes of at least 4 members (excludes halogenated alkanes) is 2. The predicted octanol–water partition coefficient (Wildman–Crippen LogP) is 5.13. The quantitative estimate of drug-likeness (QED) is 0.0897. The van der Waals surface area contributed by atoms with Gasteiger partial charge in [0.15, 0.2) is 0 Å². The summed E-state index contributed by atoms with van der Waals surface area (Å²) in [6.45, 7) is 13.7. The molecule has 0 saturated carbocycles. The maximum atomic E-state index is 14.5. The number of nitrogens with zero attached hydrogens (tertiary/aromatic N) is 5. The van der Waals surface area contributed by atoms with E-state index in [1.807, 2.05) is 65.0 Å². The van der Waals surface area contributed by atoms with E-state index in [-0.39, 0.29) is 84.1 Å². The predicted molar refractivity (Wildman–Crippen MR) is 250 cm³/mol. The fourth-order valence-corrected chi connectivity index (χ4v) is 9.95. The first kappa shape index (κ1) is 53.9. The van der Waals surface area contributed by atoms with Crippen molar-refractivity contribution in [2.24, 2.45) is 29.6 Å². The Balaban J connectivity index is 1.34. The molecule has 2 saturated heterocycles. The number of hydrogen-bond acceptors (Lipinski definition) is 10. The maximum absolute atomic E-state index is 14.5. The van der Waals surface area contributed by atoms with Crippen molar-refractivity contribution >= 4 is 47.0 Å². The minimum atomic E-state index is -0.651. The van der Waals surface area contributed by atoms with Crippen LogP contribution in [0.25, 0.3) is 0 Å². The number of carbonyl (C=O) groups is 8. The van der Waals surface area contributed by atoms with Crippen LogP contribution in [-0.4, -0.2) is 156 Å². The molecule has 3 heterocycles. The number of Topliss-reactive ketones (excluding diaryl/α,β-unsaturated/α-hetero) is 2. The third kappa shape index (κ3) is 14.4. The van der Waals surface area contributed by atoms with E-state index in [4.69, 9.17) is 9.47 Å². The Bertz CT molecular complexity index is 1840. The fourth-order valence-electron chi connectivity index (χ4n) is 9.95. The zero-order valence-corrected chi connectivity index (χ0v) is 41.1. The molecule has 2 fully saturated rings. The van der Waals surface area contributed by atoms with E-state index in [0.29, 0.717) is 84.2 Å². The zero-order valence-electron chi connectivity index (χ0n) is 41.1. The number of rotatable bonds is 26. The molecule has 0 spiro atoms. The van der Waals surface area contributed by atoms with Crippen molar-refractivity contribution in [2.45, 2.75) is 136 Å². The average molecular weight is 920 g/mol. The molecule has 15 heteroatoms. The third-order valence-electron chi connectivity index (χ3n) is 14.4. The second kappa shape index (κ2) is 26.0. The number of ether oxygens (including phenoxy) is 2. The van der Waals surface area contributed by atoms with Gasteiger partial charge in [0, 0.05) is 110 Å². The molecule has 6 amide bonds. The van der Waals surface area contributed by atoms with Crippen molar-refractivity contribution < 1.29 is 47.8 Å². The second-order valence-corrected chi connectivity index (χ2v) is 19.0. The molecule has 4 rings (SSSR count). The maximum Gasteiger partial charge on any atom is 0.253 e. The molecular formula is C51H77N5O10. The largest absolute Gasteiger partial charge is 0.379 e. The van der Waals surface area contributed by atoms with Crippen molar-refractivity contribution in [1.82, 2.24) is 24.5 Å². The molecule has 0 unspecified atom stereocenters. The summed E-state index contributed by atoms with van der Waals surface area (Å²) in [6.07, 6.45) is 6.34. The van der Waals surface area contributed by atoms with Crippen molar-refractivity contribution in [1.29, 1.82) is 0 Å². The van der Waals surface area contributed by atoms with Crippen molar-refractivity contribution in [2.75, 3.05) is 60.5 Å². The van der Waals surface area contributed by atoms with E-state index in [1.165, 1.54) is 24.0 Å². The number of carbonyl (C=O) groups excluding carboxylic acids is 8. The van der Waals surface area contributed by atoms with Gasteiger partial charge in [-0.3, -0.25) is 43.3 Å². The SMILES string of the molecule is CC[C@H](C)[C@@H]([C@@H](CC(=O)N1CCC[C@H]1[C@H](OC)[C@@H](C)C(=O)C[C@@H](Cc1ccccc1)C(C)=O)OC)N(C)C(=O)[C@@H](CC(=O)N1CCN(C(=O)CCCCCN2C(=O)C=CC2=O)CC1)C(C)C. The van der Waals surface area contributed by atoms with Gasteiger partial charge in [0.1, 0.15) is 11.6 Å². The zero-order chi connectivity index (χ0) is 48.7. The number of hydrogen-bond donors (Lipinski definition) is 0. The number of piperazine rings is 1. The Morgan fingerprint density at radius 1 is 0.773 bits per heavy atom. The van der Waals surface area contributed by atoms with Crippen LogP contribution in [0.5, 0.6) is 0 Å². The first-order chi connectivity index (χ1) is 31.4. The van der Waals surface area contributed by atoms with Gasteiger partial charge >= 0.3 is 0 Å². The van der Waals surface area contributed by atoms with Crippen LogP contribution in [0, 0.1) is 29.6 Å². The number of benzene rings is 1. The van der Waals surface area contributed by atoms with Gasteiger partial charge in [-0.25, -0.2) is 0 Å². The van der Waals surface area contributed by atoms with Crippen molar-refractivity contribution in [3.05, 3.63) is 48.0 Å². The average Bonchev–Trinajstić information content (AvgIpc) is 3.92. The van der Waals surface area contributed by atoms with Crippen LogP contribution in [0.4, 0.5) is 0 Å². The van der Waals surface area contributed by atoms with E-state index in [9.17, 15) is 38.4 Å². The van der Waals surface area contributed by atoms with Crippen LogP contribution in [-0.2, 0) is 54.3 Å². The first-order valence-electron chi connectivity index (χ1n) is 24.2. The Labute approximate surface area is 392 Å². The highest BCUT2D eigenvalue weighted by Crippen LogP contribution is 2.32. The van der Waals surface area contributed by atoms with E-state index < -0.39 is 36.0 Å². The van der Waals surface area contributed by atoms with Gasteiger partial charge in [0.2, 0.25) is 23.6 Å². The van der Waals surface area contributed by atoms with Gasteiger partial charge < -0.3 is 29.1 Å². The number of amides is 6. The highest BCUT2D eigenvalue weighted by molar-refractivity contribution is 6.12. The van der Waals surface area contributed by atoms with Crippen LogP contribution >= 0.6 is 0 Å². The molecule has 366 valence electrons. The molecule has 3 aliphatic heterocycles. The minimum absolute atomic E-state index is 0.00800. The summed E-state index contributed by atoms with van der Waals surface area (Å²) in [7, 11) is 4.86. The van der Waals surface area contributed by atoms with Crippen LogP contribution < -0.4 is 0 Å². The fraction of sp³-hybridized carbons (Fsp3) is 0.686. The smallest absolute Gasteiger partial charge is 0.253 e. The van der Waals surface area contributed by atoms with E-state index in [0.717, 1.165) is 12.0 Å². The monoisotopic (exact) mass is 920 g/mol. The van der Waals surface area contributed by atoms with Gasteiger partial charge in [-0.2, -0.15) is 0 Å². The Morgan fingerprint density at radius 3 is 1.95 bits per heavy atom. The van der Waals surface area contributed by atoms with Gasteiger partial charge in [-0.15, -0.1) is 0 Å². The molecule has 0 aromatic heterocycles. The van der Waals surface area contributed by atoms with Gasteiger partial charge in [0.25, 0.3) is 11.8 Å². The lowest BCUT2D eigenvalue weighted by molar-refractivity contribution is -0.150. The molecule has 0 aliphatic carbocycles. The van der Waals surface area contributed by atoms with Crippen LogP contribution in [0.15, 0.2) is 42.5 Å². The molecule has 66 heavy (non-hydrogen) atoms. The molecular weight excluding hydrogens is 843 g/mol. The number of likely N-dealkylation sites (tertiary alicyclic amines) is 1. The summed E-state index contributed by atoms with van der Waals surface area (Å²) in [5, 5.41) is 0. The third-order valence-corrected chi connectivity index (χ3v) is 14.4. The second-order valence-electron chi connectivity index (χ2n) is 19.0. The number of methoxy groups -OCH3 is 2. The summed E-state index contributed by atoms with van der Waals surface area (Å²) >= 11 is 0. The van der Waals surface area contributed by atoms with Crippen LogP contribution in [0.1, 0.15) is 111 Å². The van der Waals surface area contributed by atoms with Crippen LogP contribution in [0.3, 0.4) is 0 Å². The minimum Gasteiger partial charge on any atom is -0.379 e. The number of ketones is 2. The Morgan fingerprint density at radius 2 is 1.39 bits per heavy atom. The summed E-state index contributed by atoms with van der Waals surface area (Å²) < 4.78 is 12.1. The number of imide groups is 1. The molecule has 3 aliphatic rings. The normalized spacial score (nSPS) is 19.7. The molecule has 1 aromatic rings. The summed E-state index contributed by atoms with van der Waals surface area (Å²) in [6, 6.07) is 8.84. The Kier molecular flexibility index (Phi) is 21.2. The molecule has 15 nitrogen and oxygen atoms in total. The standard InChI is InChI=1S/C51H77N5O10/c1-10-35(4)49(43(65-8)33-48(63)55-25-17-20-41(55)50(66-9)36(5)42(58)31-39(37(6)57)30-38-18-13-11-14-19-38)52(7)51(64)40(34(2)3)32-47(62)54-28-26-53(27-29-54)44(59)21-15-12-16-24-56-45(60)22-23-46(56)61/h11,13-14,18-19,22-23,34-36,39-41,43,49-50H,10,12,15-17,20-21,24-33H2,1-9H3/t35-,36-,39+,40-,41-,43+,49-,50+/m0/s1. The molecule has 1 aromatic carbocycles. The molecule has 0 N–H and O–H groups in total. The number of likely N-dealkylation sites (N-methyl/N-ethyl adjacent to an activating group) is 1. The van der Waals surface area contributed by atoms with E-state index in [2.05, 4.69) is 0 Å². The summed E-state index contributed by atoms with van der Waals surface area (Å²) in [5.74, 6) is -3.04. The van der Waals surface area contributed by atoms with Crippen LogP contribution in [0.2, 0.25) is 0 Å². The van der Waals surface area contributed by atoms with Gasteiger partial charge in [0.05, 0.1) is 30.7 Å². The topological polar surface area (TPSA) is 171 Å². The highest BCUT2D eigenvalue weighted by Gasteiger charge is 2.43. The molecule has 8 atom stereocenters. The van der Waals surface area contributed by atoms with Crippen molar-refractivity contribution in [3.8, 4) is 0 Å². The van der Waals surface area contributed by atoms with Gasteiger partial charge in [-0.1, -0.05) is 77.8 Å². The van der Waals surface area contributed by atoms with Gasteiger partial charge in [-0.05, 0) is 56.4 Å². The Hall–Kier alpha value is -4.76. The lowest BCUT2D eigenvalue weighted by atomic mass is 9.84. The summed E-state index contributed by atoms with van der Waals surface area (Å²) in [5.41, 5.74) is 0.993. The molecule has 0 bridgehead atoms. The molecule has 0 radical (unpaired) electrons. The summed E-state index contributed by atoms with van der Waals surface area (Å²) in [4.78, 5) is 114. The first-order valence-corrected chi connectivity index (χ1v) is 24.2.